The smallest absolute Gasteiger partial charge is 0.309 e. The minimum Gasteiger partial charge on any atom is -0.466 e. The average molecular weight is 235 g/mol. The summed E-state index contributed by atoms with van der Waals surface area (Å²) in [4.78, 5) is 11.3. The van der Waals surface area contributed by atoms with Crippen LogP contribution in [0.4, 0.5) is 0 Å². The normalized spacial score (nSPS) is 12.1. The van der Waals surface area contributed by atoms with Gasteiger partial charge in [0.1, 0.15) is 0 Å². The van der Waals surface area contributed by atoms with Gasteiger partial charge in [-0.1, -0.05) is 37.3 Å². The van der Waals surface area contributed by atoms with Crippen molar-refractivity contribution in [3.8, 4) is 0 Å². The van der Waals surface area contributed by atoms with Crippen LogP contribution in [0.3, 0.4) is 0 Å². The molecule has 0 saturated carbocycles. The third-order valence-corrected chi connectivity index (χ3v) is 2.57. The Bertz CT molecular complexity index is 324. The second kappa shape index (κ2) is 7.85. The van der Waals surface area contributed by atoms with Gasteiger partial charge in [0, 0.05) is 6.54 Å². The Morgan fingerprint density at radius 3 is 2.71 bits per heavy atom. The molecule has 94 valence electrons. The van der Waals surface area contributed by atoms with Crippen molar-refractivity contribution >= 4 is 5.97 Å². The quantitative estimate of drug-likeness (QED) is 0.580. The third-order valence-electron chi connectivity index (χ3n) is 2.57. The van der Waals surface area contributed by atoms with E-state index in [1.807, 2.05) is 32.0 Å². The van der Waals surface area contributed by atoms with Crippen LogP contribution in [0.2, 0.25) is 0 Å². The van der Waals surface area contributed by atoms with Gasteiger partial charge in [-0.05, 0) is 25.5 Å². The Morgan fingerprint density at radius 2 is 2.06 bits per heavy atom. The first kappa shape index (κ1) is 13.7. The van der Waals surface area contributed by atoms with Crippen LogP contribution >= 0.6 is 0 Å². The molecule has 1 atom stereocenters. The van der Waals surface area contributed by atoms with E-state index in [1.54, 1.807) is 0 Å². The summed E-state index contributed by atoms with van der Waals surface area (Å²) in [6.45, 7) is 5.72. The molecule has 17 heavy (non-hydrogen) atoms. The molecule has 1 unspecified atom stereocenters. The lowest BCUT2D eigenvalue weighted by atomic mass is 10.1. The molecule has 0 bridgehead atoms. The molecule has 0 spiro atoms. The van der Waals surface area contributed by atoms with E-state index in [4.69, 9.17) is 4.74 Å². The summed E-state index contributed by atoms with van der Waals surface area (Å²) in [6, 6.07) is 10.3. The fourth-order valence-corrected chi connectivity index (χ4v) is 1.56. The van der Waals surface area contributed by atoms with Crippen LogP contribution < -0.4 is 5.32 Å². The molecule has 1 N–H and O–H groups in total. The van der Waals surface area contributed by atoms with Crippen molar-refractivity contribution in [2.75, 3.05) is 19.7 Å². The number of ether oxygens (including phenoxy) is 1. The maximum absolute atomic E-state index is 11.3. The van der Waals surface area contributed by atoms with Gasteiger partial charge in [0.25, 0.3) is 0 Å². The van der Waals surface area contributed by atoms with E-state index in [2.05, 4.69) is 17.4 Å². The first-order chi connectivity index (χ1) is 8.24. The predicted octanol–water partition coefficient (Wildman–Crippen LogP) is 2.02. The number of rotatable bonds is 7. The minimum atomic E-state index is -0.125. The SMILES string of the molecule is CCOC(=O)C(C)CNCCc1ccccc1. The Morgan fingerprint density at radius 1 is 1.35 bits per heavy atom. The van der Waals surface area contributed by atoms with E-state index < -0.39 is 0 Å². The number of benzene rings is 1. The predicted molar refractivity (Wildman–Crippen MR) is 68.8 cm³/mol. The molecule has 0 aliphatic carbocycles. The van der Waals surface area contributed by atoms with E-state index in [0.29, 0.717) is 13.2 Å². The summed E-state index contributed by atoms with van der Waals surface area (Å²) in [6.07, 6.45) is 0.983. The molecular weight excluding hydrogens is 214 g/mol. The lowest BCUT2D eigenvalue weighted by Gasteiger charge is -2.11. The van der Waals surface area contributed by atoms with Crippen LogP contribution in [-0.4, -0.2) is 25.7 Å². The Labute approximate surface area is 103 Å². The number of carbonyl (C=O) groups excluding carboxylic acids is 1. The molecule has 0 radical (unpaired) electrons. The van der Waals surface area contributed by atoms with Gasteiger partial charge in [-0.15, -0.1) is 0 Å². The van der Waals surface area contributed by atoms with Gasteiger partial charge in [-0.2, -0.15) is 0 Å². The van der Waals surface area contributed by atoms with Crippen LogP contribution in [0.5, 0.6) is 0 Å². The highest BCUT2D eigenvalue weighted by Gasteiger charge is 2.12. The summed E-state index contributed by atoms with van der Waals surface area (Å²) in [5.74, 6) is -0.203. The number of nitrogens with one attached hydrogen (secondary N) is 1. The van der Waals surface area contributed by atoms with Crippen LogP contribution in [0, 0.1) is 5.92 Å². The number of hydrogen-bond acceptors (Lipinski definition) is 3. The van der Waals surface area contributed by atoms with E-state index in [-0.39, 0.29) is 11.9 Å². The van der Waals surface area contributed by atoms with Crippen molar-refractivity contribution in [2.45, 2.75) is 20.3 Å². The summed E-state index contributed by atoms with van der Waals surface area (Å²) in [7, 11) is 0. The first-order valence-electron chi connectivity index (χ1n) is 6.15. The molecule has 0 fully saturated rings. The highest BCUT2D eigenvalue weighted by molar-refractivity contribution is 5.72. The van der Waals surface area contributed by atoms with Gasteiger partial charge in [0.05, 0.1) is 12.5 Å². The average Bonchev–Trinajstić information content (AvgIpc) is 2.36. The molecule has 3 nitrogen and oxygen atoms in total. The van der Waals surface area contributed by atoms with Crippen LogP contribution in [0.25, 0.3) is 0 Å². The maximum atomic E-state index is 11.3. The van der Waals surface area contributed by atoms with Gasteiger partial charge in [0.2, 0.25) is 0 Å². The standard InChI is InChI=1S/C14H21NO2/c1-3-17-14(16)12(2)11-15-10-9-13-7-5-4-6-8-13/h4-8,12,15H,3,9-11H2,1-2H3. The molecule has 0 aliphatic heterocycles. The van der Waals surface area contributed by atoms with Gasteiger partial charge in [-0.25, -0.2) is 0 Å². The summed E-state index contributed by atoms with van der Waals surface area (Å²) in [5, 5.41) is 3.27. The molecule has 0 aromatic heterocycles. The largest absolute Gasteiger partial charge is 0.466 e. The van der Waals surface area contributed by atoms with Crippen molar-refractivity contribution in [3.63, 3.8) is 0 Å². The summed E-state index contributed by atoms with van der Waals surface area (Å²) in [5.41, 5.74) is 1.31. The second-order valence-corrected chi connectivity index (χ2v) is 4.09. The second-order valence-electron chi connectivity index (χ2n) is 4.09. The van der Waals surface area contributed by atoms with Crippen molar-refractivity contribution in [1.82, 2.24) is 5.32 Å². The topological polar surface area (TPSA) is 38.3 Å². The van der Waals surface area contributed by atoms with Gasteiger partial charge in [-0.3, -0.25) is 4.79 Å². The van der Waals surface area contributed by atoms with Crippen molar-refractivity contribution in [1.29, 1.82) is 0 Å². The molecule has 0 heterocycles. The number of carbonyl (C=O) groups is 1. The molecule has 0 aliphatic rings. The zero-order chi connectivity index (χ0) is 12.5. The zero-order valence-corrected chi connectivity index (χ0v) is 10.6. The molecule has 1 aromatic carbocycles. The van der Waals surface area contributed by atoms with Crippen molar-refractivity contribution < 1.29 is 9.53 Å². The van der Waals surface area contributed by atoms with Crippen molar-refractivity contribution in [2.24, 2.45) is 5.92 Å². The monoisotopic (exact) mass is 235 g/mol. The Hall–Kier alpha value is -1.35. The molecule has 3 heteroatoms. The first-order valence-corrected chi connectivity index (χ1v) is 6.15. The lowest BCUT2D eigenvalue weighted by Crippen LogP contribution is -2.29. The highest BCUT2D eigenvalue weighted by Crippen LogP contribution is 1.99. The lowest BCUT2D eigenvalue weighted by molar-refractivity contribution is -0.147. The molecule has 1 aromatic rings. The van der Waals surface area contributed by atoms with E-state index in [0.717, 1.165) is 13.0 Å². The minimum absolute atomic E-state index is 0.0780. The van der Waals surface area contributed by atoms with Crippen LogP contribution in [0.1, 0.15) is 19.4 Å². The zero-order valence-electron chi connectivity index (χ0n) is 10.6. The summed E-state index contributed by atoms with van der Waals surface area (Å²) >= 11 is 0. The summed E-state index contributed by atoms with van der Waals surface area (Å²) < 4.78 is 4.94. The Balaban J connectivity index is 2.14. The van der Waals surface area contributed by atoms with E-state index in [1.165, 1.54) is 5.56 Å². The van der Waals surface area contributed by atoms with E-state index in [9.17, 15) is 4.79 Å². The molecular formula is C14H21NO2. The highest BCUT2D eigenvalue weighted by atomic mass is 16.5. The van der Waals surface area contributed by atoms with E-state index >= 15 is 0 Å². The van der Waals surface area contributed by atoms with Gasteiger partial charge in [0.15, 0.2) is 0 Å². The van der Waals surface area contributed by atoms with Gasteiger partial charge >= 0.3 is 5.97 Å². The van der Waals surface area contributed by atoms with Crippen LogP contribution in [-0.2, 0) is 16.0 Å². The molecule has 0 amide bonds. The fourth-order valence-electron chi connectivity index (χ4n) is 1.56. The molecule has 1 rings (SSSR count). The number of esters is 1. The Kier molecular flexibility index (Phi) is 6.33. The van der Waals surface area contributed by atoms with Crippen molar-refractivity contribution in [3.05, 3.63) is 35.9 Å². The third kappa shape index (κ3) is 5.50. The van der Waals surface area contributed by atoms with Gasteiger partial charge < -0.3 is 10.1 Å². The van der Waals surface area contributed by atoms with Crippen LogP contribution in [0.15, 0.2) is 30.3 Å². The molecule has 0 saturated heterocycles. The maximum Gasteiger partial charge on any atom is 0.309 e. The number of hydrogen-bond donors (Lipinski definition) is 1. The fraction of sp³-hybridized carbons (Fsp3) is 0.500.